The first-order valence-electron chi connectivity index (χ1n) is 10.4. The molecule has 3 heterocycles. The molecule has 162 valence electrons. The van der Waals surface area contributed by atoms with E-state index in [4.69, 9.17) is 16.1 Å². The fourth-order valence-corrected chi connectivity index (χ4v) is 3.63. The molecule has 0 amide bonds. The lowest BCUT2D eigenvalue weighted by Crippen LogP contribution is -2.40. The van der Waals surface area contributed by atoms with E-state index in [1.807, 2.05) is 37.3 Å². The van der Waals surface area contributed by atoms with Crippen molar-refractivity contribution in [2.24, 2.45) is 0 Å². The van der Waals surface area contributed by atoms with Gasteiger partial charge >= 0.3 is 5.69 Å². The minimum absolute atomic E-state index is 0.0980. The van der Waals surface area contributed by atoms with Gasteiger partial charge in [0, 0.05) is 25.1 Å². The number of aromatic nitrogens is 6. The minimum Gasteiger partial charge on any atom is -0.334 e. The van der Waals surface area contributed by atoms with Crippen LogP contribution in [0.25, 0.3) is 22.6 Å². The number of aryl methyl sites for hydroxylation is 2. The third kappa shape index (κ3) is 4.46. The maximum atomic E-state index is 12.9. The van der Waals surface area contributed by atoms with Gasteiger partial charge in [-0.05, 0) is 43.0 Å². The Morgan fingerprint density at radius 1 is 1.03 bits per heavy atom. The Balaban J connectivity index is 1.46. The zero-order valence-electron chi connectivity index (χ0n) is 17.2. The maximum absolute atomic E-state index is 12.9. The predicted molar refractivity (Wildman–Crippen MR) is 117 cm³/mol. The first kappa shape index (κ1) is 21.0. The molecule has 4 aromatic rings. The van der Waals surface area contributed by atoms with Crippen molar-refractivity contribution in [1.29, 1.82) is 0 Å². The van der Waals surface area contributed by atoms with Gasteiger partial charge in [-0.2, -0.15) is 9.97 Å². The van der Waals surface area contributed by atoms with Crippen LogP contribution in [-0.2, 0) is 19.5 Å². The number of fused-ring (bicyclic) bond motifs is 1. The van der Waals surface area contributed by atoms with Crippen molar-refractivity contribution in [2.45, 2.75) is 52.1 Å². The Hall–Kier alpha value is -3.20. The molecule has 0 atom stereocenters. The quantitative estimate of drug-likeness (QED) is 0.314. The van der Waals surface area contributed by atoms with Crippen molar-refractivity contribution >= 4 is 22.8 Å². The molecule has 0 spiro atoms. The van der Waals surface area contributed by atoms with Crippen LogP contribution in [0, 0.1) is 0 Å². The fourth-order valence-electron chi connectivity index (χ4n) is 3.46. The number of hydrogen-bond acceptors (Lipinski definition) is 6. The predicted octanol–water partition coefficient (Wildman–Crippen LogP) is 3.41. The van der Waals surface area contributed by atoms with Crippen molar-refractivity contribution in [3.05, 3.63) is 62.3 Å². The average molecular weight is 443 g/mol. The molecular formula is C21H23ClN6O3. The fraction of sp³-hybridized carbons (Fsp3) is 0.381. The van der Waals surface area contributed by atoms with E-state index in [0.717, 1.165) is 18.4 Å². The van der Waals surface area contributed by atoms with Crippen LogP contribution in [0.15, 0.2) is 44.4 Å². The second kappa shape index (κ2) is 9.30. The zero-order valence-corrected chi connectivity index (χ0v) is 17.9. The van der Waals surface area contributed by atoms with Gasteiger partial charge in [-0.3, -0.25) is 13.9 Å². The van der Waals surface area contributed by atoms with Crippen LogP contribution in [0.3, 0.4) is 0 Å². The lowest BCUT2D eigenvalue weighted by atomic mass is 10.2. The summed E-state index contributed by atoms with van der Waals surface area (Å²) < 4.78 is 8.08. The number of unbranched alkanes of at least 4 members (excludes halogenated alkanes) is 2. The monoisotopic (exact) mass is 442 g/mol. The van der Waals surface area contributed by atoms with Gasteiger partial charge in [-0.1, -0.05) is 36.7 Å². The molecule has 0 radical (unpaired) electrons. The van der Waals surface area contributed by atoms with Gasteiger partial charge in [0.25, 0.3) is 11.4 Å². The van der Waals surface area contributed by atoms with E-state index in [9.17, 15) is 9.59 Å². The van der Waals surface area contributed by atoms with E-state index in [1.54, 1.807) is 0 Å². The van der Waals surface area contributed by atoms with Crippen LogP contribution in [0.2, 0.25) is 5.28 Å². The molecule has 4 rings (SSSR count). The molecule has 3 aromatic heterocycles. The first-order chi connectivity index (χ1) is 15.1. The average Bonchev–Trinajstić information content (AvgIpc) is 3.40. The van der Waals surface area contributed by atoms with E-state index in [1.165, 1.54) is 9.13 Å². The summed E-state index contributed by atoms with van der Waals surface area (Å²) in [6.07, 6.45) is 3.63. The Labute approximate surface area is 182 Å². The second-order valence-electron chi connectivity index (χ2n) is 7.31. The summed E-state index contributed by atoms with van der Waals surface area (Å²) in [6, 6.07) is 9.56. The smallest absolute Gasteiger partial charge is 0.332 e. The maximum Gasteiger partial charge on any atom is 0.332 e. The SMILES string of the molecule is CCCCn1c(=O)n(CCCCc2noc(-c3ccccc3)n2)c(=O)c2[nH]c(Cl)nc21. The first-order valence-corrected chi connectivity index (χ1v) is 10.7. The van der Waals surface area contributed by atoms with E-state index < -0.39 is 5.56 Å². The number of halogens is 1. The largest absolute Gasteiger partial charge is 0.334 e. The summed E-state index contributed by atoms with van der Waals surface area (Å²) in [4.78, 5) is 37.0. The third-order valence-corrected chi connectivity index (χ3v) is 5.27. The highest BCUT2D eigenvalue weighted by Gasteiger charge is 2.16. The number of rotatable bonds is 9. The van der Waals surface area contributed by atoms with Crippen LogP contribution in [0.1, 0.15) is 38.4 Å². The highest BCUT2D eigenvalue weighted by atomic mass is 35.5. The van der Waals surface area contributed by atoms with Crippen LogP contribution < -0.4 is 11.2 Å². The Kier molecular flexibility index (Phi) is 6.31. The van der Waals surface area contributed by atoms with Crippen molar-refractivity contribution in [1.82, 2.24) is 29.2 Å². The minimum atomic E-state index is -0.405. The summed E-state index contributed by atoms with van der Waals surface area (Å²) in [5, 5.41) is 4.11. The van der Waals surface area contributed by atoms with Gasteiger partial charge < -0.3 is 9.51 Å². The van der Waals surface area contributed by atoms with Crippen molar-refractivity contribution in [2.75, 3.05) is 0 Å². The number of benzene rings is 1. The summed E-state index contributed by atoms with van der Waals surface area (Å²) >= 11 is 5.95. The van der Waals surface area contributed by atoms with Gasteiger partial charge in [-0.15, -0.1) is 0 Å². The number of H-pyrrole nitrogens is 1. The molecular weight excluding hydrogens is 420 g/mol. The molecule has 0 aliphatic carbocycles. The number of imidazole rings is 1. The highest BCUT2D eigenvalue weighted by molar-refractivity contribution is 6.28. The number of aromatic amines is 1. The van der Waals surface area contributed by atoms with E-state index in [-0.39, 0.29) is 16.5 Å². The van der Waals surface area contributed by atoms with Gasteiger partial charge in [0.1, 0.15) is 0 Å². The number of nitrogens with one attached hydrogen (secondary N) is 1. The summed E-state index contributed by atoms with van der Waals surface area (Å²) in [5.41, 5.74) is 0.668. The van der Waals surface area contributed by atoms with Gasteiger partial charge in [-0.25, -0.2) is 4.79 Å². The molecule has 0 unspecified atom stereocenters. The Morgan fingerprint density at radius 2 is 1.81 bits per heavy atom. The molecule has 1 aromatic carbocycles. The number of hydrogen-bond donors (Lipinski definition) is 1. The third-order valence-electron chi connectivity index (χ3n) is 5.09. The molecule has 0 saturated heterocycles. The molecule has 31 heavy (non-hydrogen) atoms. The van der Waals surface area contributed by atoms with Gasteiger partial charge in [0.05, 0.1) is 0 Å². The highest BCUT2D eigenvalue weighted by Crippen LogP contribution is 2.17. The second-order valence-corrected chi connectivity index (χ2v) is 7.67. The molecule has 10 heteroatoms. The molecule has 9 nitrogen and oxygen atoms in total. The van der Waals surface area contributed by atoms with Crippen LogP contribution in [0.5, 0.6) is 0 Å². The molecule has 0 aliphatic rings. The van der Waals surface area contributed by atoms with E-state index in [0.29, 0.717) is 49.7 Å². The van der Waals surface area contributed by atoms with E-state index in [2.05, 4.69) is 20.1 Å². The van der Waals surface area contributed by atoms with Gasteiger partial charge in [0.2, 0.25) is 5.28 Å². The lowest BCUT2D eigenvalue weighted by Gasteiger charge is -2.10. The van der Waals surface area contributed by atoms with Crippen molar-refractivity contribution in [3.63, 3.8) is 0 Å². The summed E-state index contributed by atoms with van der Waals surface area (Å²) in [7, 11) is 0. The molecule has 0 saturated carbocycles. The van der Waals surface area contributed by atoms with Crippen LogP contribution in [0.4, 0.5) is 0 Å². The molecule has 0 fully saturated rings. The summed E-state index contributed by atoms with van der Waals surface area (Å²) in [6.45, 7) is 2.81. The van der Waals surface area contributed by atoms with E-state index >= 15 is 0 Å². The Morgan fingerprint density at radius 3 is 2.58 bits per heavy atom. The topological polar surface area (TPSA) is 112 Å². The van der Waals surface area contributed by atoms with Crippen LogP contribution in [-0.4, -0.2) is 29.2 Å². The summed E-state index contributed by atoms with van der Waals surface area (Å²) in [5.74, 6) is 1.08. The van der Waals surface area contributed by atoms with Crippen molar-refractivity contribution < 1.29 is 4.52 Å². The normalized spacial score (nSPS) is 11.4. The lowest BCUT2D eigenvalue weighted by molar-refractivity contribution is 0.420. The molecule has 0 aliphatic heterocycles. The zero-order chi connectivity index (χ0) is 21.8. The van der Waals surface area contributed by atoms with Crippen LogP contribution >= 0.6 is 11.6 Å². The standard InChI is InChI=1S/C21H23ClN6O3/c1-2-3-12-27-17-16(24-20(22)25-17)19(29)28(21(27)30)13-8-7-11-15-23-18(31-26-15)14-9-5-4-6-10-14/h4-6,9-10H,2-3,7-8,11-13H2,1H3,(H,24,25). The molecule has 0 bridgehead atoms. The molecule has 1 N–H and O–H groups in total. The number of nitrogens with zero attached hydrogens (tertiary/aromatic N) is 5. The Bertz CT molecular complexity index is 1290. The van der Waals surface area contributed by atoms with Crippen molar-refractivity contribution in [3.8, 4) is 11.5 Å². The van der Waals surface area contributed by atoms with Gasteiger partial charge in [0.15, 0.2) is 17.0 Å².